The summed E-state index contributed by atoms with van der Waals surface area (Å²) in [6.45, 7) is 2.00. The van der Waals surface area contributed by atoms with Crippen molar-refractivity contribution in [2.45, 2.75) is 7.43 Å². The summed E-state index contributed by atoms with van der Waals surface area (Å²) < 4.78 is 0. The van der Waals surface area contributed by atoms with Gasteiger partial charge in [-0.3, -0.25) is 0 Å². The Balaban J connectivity index is 0.000000775. The first-order valence-electron chi connectivity index (χ1n) is 6.69. The lowest BCUT2D eigenvalue weighted by atomic mass is 10.2. The van der Waals surface area contributed by atoms with Gasteiger partial charge < -0.3 is 9.69 Å². The molecule has 0 amide bonds. The fourth-order valence-corrected chi connectivity index (χ4v) is 2.18. The Morgan fingerprint density at radius 3 is 0.955 bits per heavy atom. The third-order valence-electron chi connectivity index (χ3n) is 3.04. The maximum absolute atomic E-state index is 8.00. The molecule has 2 heteroatoms. The van der Waals surface area contributed by atoms with Crippen LogP contribution in [-0.4, -0.2) is 6.79 Å². The number of carbonyl (C=O) groups excluding carboxylic acids is 1. The Morgan fingerprint density at radius 2 is 0.727 bits per heavy atom. The molecule has 0 spiro atoms. The van der Waals surface area contributed by atoms with Gasteiger partial charge in [-0.15, -0.1) is 0 Å². The van der Waals surface area contributed by atoms with E-state index in [0.717, 1.165) is 0 Å². The van der Waals surface area contributed by atoms with E-state index in [1.165, 1.54) is 17.1 Å². The van der Waals surface area contributed by atoms with Gasteiger partial charge in [0.2, 0.25) is 0 Å². The first kappa shape index (κ1) is 17.2. The van der Waals surface area contributed by atoms with Gasteiger partial charge in [0.15, 0.2) is 0 Å². The highest BCUT2D eigenvalue weighted by molar-refractivity contribution is 5.76. The quantitative estimate of drug-likeness (QED) is 0.625. The largest absolute Gasteiger partial charge is 0.311 e. The molecule has 0 bridgehead atoms. The number of anilines is 3. The summed E-state index contributed by atoms with van der Waals surface area (Å²) in [4.78, 5) is 10.2. The smallest absolute Gasteiger partial charge is 0.106 e. The van der Waals surface area contributed by atoms with Crippen molar-refractivity contribution in [3.63, 3.8) is 0 Å². The van der Waals surface area contributed by atoms with Gasteiger partial charge in [-0.25, -0.2) is 0 Å². The second kappa shape index (κ2) is 9.14. The number of rotatable bonds is 3. The Hall–Kier alpha value is -2.87. The minimum atomic E-state index is 0. The van der Waals surface area contributed by atoms with E-state index in [-0.39, 0.29) is 7.43 Å². The Labute approximate surface area is 132 Å². The lowest BCUT2D eigenvalue weighted by molar-refractivity contribution is -0.0979. The highest BCUT2D eigenvalue weighted by Gasteiger charge is 2.10. The van der Waals surface area contributed by atoms with E-state index in [1.54, 1.807) is 0 Å². The number of hydrogen-bond acceptors (Lipinski definition) is 2. The van der Waals surface area contributed by atoms with Crippen LogP contribution in [0.2, 0.25) is 0 Å². The molecule has 3 aromatic rings. The molecule has 112 valence electrons. The van der Waals surface area contributed by atoms with E-state index in [0.29, 0.717) is 0 Å². The summed E-state index contributed by atoms with van der Waals surface area (Å²) in [5.41, 5.74) is 3.50. The molecule has 3 aromatic carbocycles. The second-order valence-corrected chi connectivity index (χ2v) is 4.34. The van der Waals surface area contributed by atoms with Crippen molar-refractivity contribution < 1.29 is 4.79 Å². The predicted molar refractivity (Wildman–Crippen MR) is 95.0 cm³/mol. The van der Waals surface area contributed by atoms with E-state index < -0.39 is 0 Å². The van der Waals surface area contributed by atoms with Crippen molar-refractivity contribution in [1.29, 1.82) is 0 Å². The van der Waals surface area contributed by atoms with Crippen molar-refractivity contribution in [2.75, 3.05) is 4.90 Å². The molecule has 0 N–H and O–H groups in total. The maximum atomic E-state index is 8.00. The lowest BCUT2D eigenvalue weighted by Gasteiger charge is -2.25. The Kier molecular flexibility index (Phi) is 7.14. The maximum Gasteiger partial charge on any atom is 0.106 e. The summed E-state index contributed by atoms with van der Waals surface area (Å²) in [5, 5.41) is 0. The monoisotopic (exact) mass is 291 g/mol. The highest BCUT2D eigenvalue weighted by Crippen LogP contribution is 2.33. The minimum absolute atomic E-state index is 0. The number of carbonyl (C=O) groups is 1. The van der Waals surface area contributed by atoms with Crippen LogP contribution in [0.4, 0.5) is 17.1 Å². The molecule has 0 saturated heterocycles. The van der Waals surface area contributed by atoms with E-state index in [9.17, 15) is 0 Å². The number of benzene rings is 3. The topological polar surface area (TPSA) is 20.3 Å². The van der Waals surface area contributed by atoms with Crippen molar-refractivity contribution in [3.05, 3.63) is 91.0 Å². The molecule has 0 unspecified atom stereocenters. The van der Waals surface area contributed by atoms with Crippen LogP contribution < -0.4 is 4.90 Å². The zero-order chi connectivity index (χ0) is 14.9. The predicted octanol–water partition coefficient (Wildman–Crippen LogP) is 5.61. The fraction of sp³-hybridized carbons (Fsp3) is 0.0500. The van der Waals surface area contributed by atoms with E-state index in [2.05, 4.69) is 77.7 Å². The van der Waals surface area contributed by atoms with E-state index in [1.807, 2.05) is 25.0 Å². The lowest BCUT2D eigenvalue weighted by Crippen LogP contribution is -2.09. The van der Waals surface area contributed by atoms with Crippen LogP contribution in [0.3, 0.4) is 0 Å². The van der Waals surface area contributed by atoms with Gasteiger partial charge in [-0.05, 0) is 36.4 Å². The third-order valence-corrected chi connectivity index (χ3v) is 3.04. The Morgan fingerprint density at radius 1 is 0.500 bits per heavy atom. The summed E-state index contributed by atoms with van der Waals surface area (Å²) in [5.74, 6) is 0. The van der Waals surface area contributed by atoms with Gasteiger partial charge in [-0.2, -0.15) is 0 Å². The average Bonchev–Trinajstić information content (AvgIpc) is 2.60. The summed E-state index contributed by atoms with van der Waals surface area (Å²) in [7, 11) is 0. The summed E-state index contributed by atoms with van der Waals surface area (Å²) in [6, 6.07) is 31.3. The molecular weight excluding hydrogens is 270 g/mol. The molecule has 0 heterocycles. The van der Waals surface area contributed by atoms with Crippen LogP contribution >= 0.6 is 0 Å². The van der Waals surface area contributed by atoms with Crippen LogP contribution in [0.5, 0.6) is 0 Å². The molecule has 0 radical (unpaired) electrons. The van der Waals surface area contributed by atoms with Crippen molar-refractivity contribution in [1.82, 2.24) is 0 Å². The molecule has 0 aromatic heterocycles. The second-order valence-electron chi connectivity index (χ2n) is 4.34. The van der Waals surface area contributed by atoms with Crippen LogP contribution in [0.15, 0.2) is 91.0 Å². The van der Waals surface area contributed by atoms with E-state index >= 15 is 0 Å². The third kappa shape index (κ3) is 4.06. The van der Waals surface area contributed by atoms with E-state index in [4.69, 9.17) is 4.79 Å². The standard InChI is InChI=1S/C18H15N.CH2O.CH4/c1-4-10-16(11-5-1)19(17-12-6-2-7-13-17)18-14-8-3-9-15-18;1-2;/h1-15H;1H2;1H4. The molecule has 0 aliphatic heterocycles. The number of hydrogen-bond donors (Lipinski definition) is 0. The van der Waals surface area contributed by atoms with Gasteiger partial charge in [0, 0.05) is 17.1 Å². The zero-order valence-corrected chi connectivity index (χ0v) is 11.7. The molecule has 0 aliphatic carbocycles. The number of para-hydroxylation sites is 3. The molecular formula is C20H21NO. The van der Waals surface area contributed by atoms with Crippen molar-refractivity contribution >= 4 is 23.9 Å². The van der Waals surface area contributed by atoms with Gasteiger partial charge in [0.25, 0.3) is 0 Å². The number of nitrogens with zero attached hydrogens (tertiary/aromatic N) is 1. The summed E-state index contributed by atoms with van der Waals surface area (Å²) >= 11 is 0. The molecule has 3 rings (SSSR count). The van der Waals surface area contributed by atoms with Crippen LogP contribution in [0.1, 0.15) is 7.43 Å². The molecule has 22 heavy (non-hydrogen) atoms. The minimum Gasteiger partial charge on any atom is -0.311 e. The average molecular weight is 291 g/mol. The normalized spacial score (nSPS) is 8.91. The van der Waals surface area contributed by atoms with Crippen LogP contribution in [0, 0.1) is 0 Å². The summed E-state index contributed by atoms with van der Waals surface area (Å²) in [6.07, 6.45) is 0. The fourth-order valence-electron chi connectivity index (χ4n) is 2.18. The Bertz CT molecular complexity index is 544. The van der Waals surface area contributed by atoms with Crippen molar-refractivity contribution in [3.8, 4) is 0 Å². The molecule has 2 nitrogen and oxygen atoms in total. The van der Waals surface area contributed by atoms with Gasteiger partial charge in [0.1, 0.15) is 6.79 Å². The molecule has 0 saturated carbocycles. The SMILES string of the molecule is C.C=O.c1ccc(N(c2ccccc2)c2ccccc2)cc1. The van der Waals surface area contributed by atoms with Gasteiger partial charge >= 0.3 is 0 Å². The van der Waals surface area contributed by atoms with Gasteiger partial charge in [-0.1, -0.05) is 62.0 Å². The first-order chi connectivity index (χ1) is 10.4. The van der Waals surface area contributed by atoms with Gasteiger partial charge in [0.05, 0.1) is 0 Å². The van der Waals surface area contributed by atoms with Crippen molar-refractivity contribution in [2.24, 2.45) is 0 Å². The molecule has 0 aliphatic rings. The highest BCUT2D eigenvalue weighted by atomic mass is 16.1. The van der Waals surface area contributed by atoms with Crippen LogP contribution in [-0.2, 0) is 4.79 Å². The zero-order valence-electron chi connectivity index (χ0n) is 11.7. The first-order valence-corrected chi connectivity index (χ1v) is 6.69. The molecule has 0 fully saturated rings. The van der Waals surface area contributed by atoms with Crippen LogP contribution in [0.25, 0.3) is 0 Å². The molecule has 0 atom stereocenters.